The Balaban J connectivity index is 0.972. The maximum absolute atomic E-state index is 13.1. The Hall–Kier alpha value is -4.97. The van der Waals surface area contributed by atoms with Crippen LogP contribution in [0.5, 0.6) is 17.2 Å². The molecule has 1 atom stereocenters. The lowest BCUT2D eigenvalue weighted by Gasteiger charge is -2.40. The second-order valence-corrected chi connectivity index (χ2v) is 13.1. The highest BCUT2D eigenvalue weighted by atomic mass is 16.5. The molecule has 0 radical (unpaired) electrons. The average Bonchev–Trinajstić information content (AvgIpc) is 3.44. The van der Waals surface area contributed by atoms with Crippen molar-refractivity contribution in [3.8, 4) is 28.4 Å². The number of hydrogen-bond donors (Lipinski definition) is 0. The second kappa shape index (κ2) is 16.2. The molecular formula is C42H43NO7. The Bertz CT molecular complexity index is 1830. The highest BCUT2D eigenvalue weighted by Crippen LogP contribution is 2.48. The lowest BCUT2D eigenvalue weighted by atomic mass is 9.84. The highest BCUT2D eigenvalue weighted by Gasteiger charge is 2.37. The van der Waals surface area contributed by atoms with Crippen molar-refractivity contribution < 1.29 is 33.3 Å². The minimum absolute atomic E-state index is 0.0370. The molecule has 1 fully saturated rings. The van der Waals surface area contributed by atoms with Gasteiger partial charge in [-0.05, 0) is 115 Å². The maximum Gasteiger partial charge on any atom is 0.343 e. The van der Waals surface area contributed by atoms with E-state index in [-0.39, 0.29) is 11.3 Å². The highest BCUT2D eigenvalue weighted by molar-refractivity contribution is 5.94. The average molecular weight is 674 g/mol. The summed E-state index contributed by atoms with van der Waals surface area (Å²) in [6.45, 7) is 15.2. The summed E-state index contributed by atoms with van der Waals surface area (Å²) in [5.74, 6) is 0.712. The third-order valence-corrected chi connectivity index (χ3v) is 9.66. The van der Waals surface area contributed by atoms with Crippen molar-refractivity contribution in [2.75, 3.05) is 33.0 Å². The first kappa shape index (κ1) is 34.9. The van der Waals surface area contributed by atoms with Crippen molar-refractivity contribution in [3.05, 3.63) is 119 Å². The standard InChI is InChI=1S/C42H43NO7/c1-4-35-38-24-30(41(45)49-33-17-13-31(43-3)14-18-33)12-20-36(38)37-21-19-34(25-39(35)37)50-40(44)29-10-15-32(16-11-29)48-23-9-7-6-8-22-46-26-42(5-2)27-47-28-42/h10-21,24-25,35H,4-9,22-23,26-28H2,1-2H3. The molecule has 8 heteroatoms. The van der Waals surface area contributed by atoms with Gasteiger partial charge in [-0.15, -0.1) is 0 Å². The lowest BCUT2D eigenvalue weighted by Crippen LogP contribution is -2.45. The van der Waals surface area contributed by atoms with Crippen LogP contribution in [-0.2, 0) is 9.47 Å². The van der Waals surface area contributed by atoms with Crippen LogP contribution >= 0.6 is 0 Å². The first-order chi connectivity index (χ1) is 24.4. The maximum atomic E-state index is 13.1. The number of unbranched alkanes of at least 4 members (excludes halogenated alkanes) is 3. The van der Waals surface area contributed by atoms with Gasteiger partial charge in [0.05, 0.1) is 44.1 Å². The fourth-order valence-corrected chi connectivity index (χ4v) is 6.50. The largest absolute Gasteiger partial charge is 0.494 e. The minimum Gasteiger partial charge on any atom is -0.494 e. The molecule has 2 aliphatic rings. The van der Waals surface area contributed by atoms with Crippen molar-refractivity contribution in [2.45, 2.75) is 58.3 Å². The predicted octanol–water partition coefficient (Wildman–Crippen LogP) is 9.58. The Labute approximate surface area is 294 Å². The molecule has 50 heavy (non-hydrogen) atoms. The zero-order chi connectivity index (χ0) is 34.9. The Kier molecular flexibility index (Phi) is 11.3. The van der Waals surface area contributed by atoms with Crippen molar-refractivity contribution in [2.24, 2.45) is 5.41 Å². The summed E-state index contributed by atoms with van der Waals surface area (Å²) in [4.78, 5) is 29.4. The second-order valence-electron chi connectivity index (χ2n) is 13.1. The van der Waals surface area contributed by atoms with Gasteiger partial charge >= 0.3 is 11.9 Å². The molecule has 1 aliphatic carbocycles. The van der Waals surface area contributed by atoms with Crippen LogP contribution < -0.4 is 14.2 Å². The van der Waals surface area contributed by atoms with Gasteiger partial charge in [0.1, 0.15) is 17.2 Å². The van der Waals surface area contributed by atoms with E-state index in [1.165, 1.54) is 0 Å². The van der Waals surface area contributed by atoms with E-state index in [4.69, 9.17) is 30.3 Å². The molecule has 1 aliphatic heterocycles. The minimum atomic E-state index is -0.461. The number of ether oxygens (including phenoxy) is 5. The third-order valence-electron chi connectivity index (χ3n) is 9.66. The summed E-state index contributed by atoms with van der Waals surface area (Å²) < 4.78 is 28.5. The quantitative estimate of drug-likeness (QED) is 0.0507. The van der Waals surface area contributed by atoms with E-state index in [1.807, 2.05) is 30.3 Å². The molecule has 1 saturated heterocycles. The lowest BCUT2D eigenvalue weighted by molar-refractivity contribution is -0.150. The van der Waals surface area contributed by atoms with E-state index >= 15 is 0 Å². The number of carbonyl (C=O) groups excluding carboxylic acids is 2. The van der Waals surface area contributed by atoms with E-state index in [1.54, 1.807) is 54.6 Å². The molecule has 1 heterocycles. The zero-order valence-electron chi connectivity index (χ0n) is 28.7. The molecule has 6 rings (SSSR count). The van der Waals surface area contributed by atoms with Crippen LogP contribution in [0.3, 0.4) is 0 Å². The molecule has 4 aromatic carbocycles. The number of nitrogens with zero attached hydrogens (tertiary/aromatic N) is 1. The number of rotatable bonds is 16. The van der Waals surface area contributed by atoms with Crippen molar-refractivity contribution in [3.63, 3.8) is 0 Å². The molecule has 0 spiro atoms. The predicted molar refractivity (Wildman–Crippen MR) is 191 cm³/mol. The summed E-state index contributed by atoms with van der Waals surface area (Å²) in [5, 5.41) is 0. The van der Waals surface area contributed by atoms with Crippen molar-refractivity contribution in [1.82, 2.24) is 0 Å². The summed E-state index contributed by atoms with van der Waals surface area (Å²) >= 11 is 0. The van der Waals surface area contributed by atoms with Gasteiger partial charge in [0.25, 0.3) is 0 Å². The molecular weight excluding hydrogens is 630 g/mol. The SMILES string of the molecule is [C-]#[N+]c1ccc(OC(=O)c2ccc3c(c2)C(CC)c2cc(OC(=O)c4ccc(OCCCCCCOCC5(CC)COC5)cc4)ccc2-3)cc1. The molecule has 8 nitrogen and oxygen atoms in total. The van der Waals surface area contributed by atoms with Gasteiger partial charge in [-0.3, -0.25) is 0 Å². The van der Waals surface area contributed by atoms with Crippen LogP contribution in [0.4, 0.5) is 5.69 Å². The molecule has 4 aromatic rings. The topological polar surface area (TPSA) is 84.7 Å². The molecule has 258 valence electrons. The van der Waals surface area contributed by atoms with Gasteiger partial charge < -0.3 is 23.7 Å². The third kappa shape index (κ3) is 8.07. The Morgan fingerprint density at radius 3 is 2.00 bits per heavy atom. The van der Waals surface area contributed by atoms with Gasteiger partial charge in [0.15, 0.2) is 5.69 Å². The summed E-state index contributed by atoms with van der Waals surface area (Å²) in [6, 6.07) is 24.8. The summed E-state index contributed by atoms with van der Waals surface area (Å²) in [6.07, 6.45) is 6.10. The van der Waals surface area contributed by atoms with Crippen LogP contribution in [-0.4, -0.2) is 45.0 Å². The first-order valence-electron chi connectivity index (χ1n) is 17.5. The van der Waals surface area contributed by atoms with Gasteiger partial charge in [-0.2, -0.15) is 0 Å². The van der Waals surface area contributed by atoms with Crippen LogP contribution in [0.2, 0.25) is 0 Å². The van der Waals surface area contributed by atoms with E-state index in [0.29, 0.717) is 34.9 Å². The number of hydrogen-bond acceptors (Lipinski definition) is 7. The van der Waals surface area contributed by atoms with Crippen LogP contribution in [0, 0.1) is 12.0 Å². The molecule has 1 unspecified atom stereocenters. The number of carbonyl (C=O) groups is 2. The van der Waals surface area contributed by atoms with E-state index in [9.17, 15) is 9.59 Å². The van der Waals surface area contributed by atoms with Gasteiger partial charge in [-0.1, -0.05) is 44.5 Å². The normalized spacial score (nSPS) is 15.3. The smallest absolute Gasteiger partial charge is 0.343 e. The van der Waals surface area contributed by atoms with Crippen molar-refractivity contribution >= 4 is 17.6 Å². The van der Waals surface area contributed by atoms with E-state index in [2.05, 4.69) is 18.7 Å². The molecule has 0 amide bonds. The van der Waals surface area contributed by atoms with Crippen LogP contribution in [0.25, 0.3) is 16.0 Å². The first-order valence-corrected chi connectivity index (χ1v) is 17.5. The summed E-state index contributed by atoms with van der Waals surface area (Å²) in [5.41, 5.74) is 5.81. The van der Waals surface area contributed by atoms with Gasteiger partial charge in [0.2, 0.25) is 0 Å². The van der Waals surface area contributed by atoms with Crippen LogP contribution in [0.1, 0.15) is 90.1 Å². The number of esters is 2. The Morgan fingerprint density at radius 2 is 1.34 bits per heavy atom. The zero-order valence-corrected chi connectivity index (χ0v) is 28.7. The monoisotopic (exact) mass is 673 g/mol. The van der Waals surface area contributed by atoms with Gasteiger partial charge in [0, 0.05) is 17.9 Å². The molecule has 0 saturated carbocycles. The number of benzene rings is 4. The van der Waals surface area contributed by atoms with E-state index < -0.39 is 11.9 Å². The fraction of sp³-hybridized carbons (Fsp3) is 0.357. The number of fused-ring (bicyclic) bond motifs is 3. The van der Waals surface area contributed by atoms with E-state index in [0.717, 1.165) is 93.0 Å². The van der Waals surface area contributed by atoms with Gasteiger partial charge in [-0.25, -0.2) is 14.4 Å². The van der Waals surface area contributed by atoms with Crippen LogP contribution in [0.15, 0.2) is 84.9 Å². The Morgan fingerprint density at radius 1 is 0.740 bits per heavy atom. The molecule has 0 N–H and O–H groups in total. The van der Waals surface area contributed by atoms with Crippen molar-refractivity contribution in [1.29, 1.82) is 0 Å². The molecule has 0 aromatic heterocycles. The fourth-order valence-electron chi connectivity index (χ4n) is 6.50. The summed E-state index contributed by atoms with van der Waals surface area (Å²) in [7, 11) is 0. The molecule has 0 bridgehead atoms.